The average Bonchev–Trinajstić information content (AvgIpc) is 3.70. The number of carbonyl (C=O) groups excluding carboxylic acids is 1. The lowest BCUT2D eigenvalue weighted by Gasteiger charge is -2.43. The highest BCUT2D eigenvalue weighted by atomic mass is 16.6. The van der Waals surface area contributed by atoms with Crippen LogP contribution in [0.15, 0.2) is 136 Å². The Kier molecular flexibility index (Phi) is 7.26. The van der Waals surface area contributed by atoms with E-state index < -0.39 is 28.8 Å². The van der Waals surface area contributed by atoms with Gasteiger partial charge in [0.25, 0.3) is 0 Å². The number of ketones is 1. The van der Waals surface area contributed by atoms with Crippen LogP contribution < -0.4 is 11.5 Å². The Morgan fingerprint density at radius 3 is 1.87 bits per heavy atom. The van der Waals surface area contributed by atoms with Crippen LogP contribution in [-0.2, 0) is 10.2 Å². The largest absolute Gasteiger partial charge is 0.394 e. The number of nitrogens with zero attached hydrogens (tertiary/aromatic N) is 4. The SMILES string of the molecule is NC1(C(=O)c2ccccc2)N=CN=C2C1=NCN2[C@@]1(N)C[C@H](C(c2ccccc2)(c2ccccc2)c2ccccc2)[C@@H](CO)O1. The molecule has 4 atom stereocenters. The number of aliphatic imine (C=N–C) groups is 3. The van der Waals surface area contributed by atoms with Crippen LogP contribution in [0.2, 0.25) is 0 Å². The highest BCUT2D eigenvalue weighted by Crippen LogP contribution is 2.53. The van der Waals surface area contributed by atoms with Crippen molar-refractivity contribution in [3.8, 4) is 0 Å². The van der Waals surface area contributed by atoms with Crippen molar-refractivity contribution in [1.29, 1.82) is 0 Å². The van der Waals surface area contributed by atoms with Crippen LogP contribution in [-0.4, -0.2) is 64.6 Å². The quantitative estimate of drug-likeness (QED) is 0.209. The summed E-state index contributed by atoms with van der Waals surface area (Å²) in [5.41, 5.74) is 15.2. The number of nitrogens with two attached hydrogens (primary N) is 2. The second-order valence-corrected chi connectivity index (χ2v) is 11.6. The molecule has 0 bridgehead atoms. The smallest absolute Gasteiger partial charge is 0.219 e. The number of hydrogen-bond acceptors (Lipinski definition) is 9. The number of aliphatic hydroxyl groups is 1. The van der Waals surface area contributed by atoms with Crippen molar-refractivity contribution >= 4 is 23.7 Å². The standard InChI is InChI=1S/C36H34N6O3/c37-34(42-24-40-31-33(42)39-23-41-36(31,38)32(44)25-13-5-1-6-14-25)21-29(30(22-43)45-34)35(26-15-7-2-8-16-26,27-17-9-3-10-18-27)28-19-11-4-12-20-28/h1-20,23,29-30,43H,21-22,24,37-38H2/t29-,30+,34-,36?/m0/s1. The molecule has 0 amide bonds. The van der Waals surface area contributed by atoms with E-state index >= 15 is 0 Å². The fraction of sp³-hybridized carbons (Fsp3) is 0.222. The van der Waals surface area contributed by atoms with Gasteiger partial charge in [0.2, 0.25) is 11.4 Å². The van der Waals surface area contributed by atoms with Crippen molar-refractivity contribution in [3.05, 3.63) is 144 Å². The van der Waals surface area contributed by atoms with Gasteiger partial charge in [-0.2, -0.15) is 0 Å². The van der Waals surface area contributed by atoms with E-state index in [9.17, 15) is 9.90 Å². The van der Waals surface area contributed by atoms with Crippen molar-refractivity contribution < 1.29 is 14.6 Å². The highest BCUT2D eigenvalue weighted by Gasteiger charge is 2.60. The van der Waals surface area contributed by atoms with Crippen LogP contribution in [0, 0.1) is 5.92 Å². The van der Waals surface area contributed by atoms with Crippen molar-refractivity contribution in [2.75, 3.05) is 13.3 Å². The second kappa shape index (κ2) is 11.3. The molecular formula is C36H34N6O3. The molecule has 0 saturated carbocycles. The highest BCUT2D eigenvalue weighted by molar-refractivity contribution is 6.52. The molecule has 45 heavy (non-hydrogen) atoms. The van der Waals surface area contributed by atoms with Gasteiger partial charge in [0.05, 0.1) is 18.1 Å². The minimum absolute atomic E-state index is 0.0644. The van der Waals surface area contributed by atoms with E-state index in [-0.39, 0.29) is 24.9 Å². The van der Waals surface area contributed by atoms with Crippen LogP contribution >= 0.6 is 0 Å². The Morgan fingerprint density at radius 1 is 0.844 bits per heavy atom. The van der Waals surface area contributed by atoms with Gasteiger partial charge in [0.1, 0.15) is 18.7 Å². The predicted molar refractivity (Wildman–Crippen MR) is 174 cm³/mol. The Bertz CT molecular complexity index is 1680. The number of carbonyl (C=O) groups is 1. The molecule has 1 unspecified atom stereocenters. The topological polar surface area (TPSA) is 139 Å². The van der Waals surface area contributed by atoms with Gasteiger partial charge < -0.3 is 9.84 Å². The Balaban J connectivity index is 1.31. The molecule has 0 radical (unpaired) electrons. The van der Waals surface area contributed by atoms with E-state index in [1.807, 2.05) is 60.7 Å². The fourth-order valence-electron chi connectivity index (χ4n) is 7.19. The van der Waals surface area contributed by atoms with Gasteiger partial charge in [-0.05, 0) is 16.7 Å². The Hall–Kier alpha value is -4.80. The van der Waals surface area contributed by atoms with Crippen molar-refractivity contribution in [1.82, 2.24) is 4.90 Å². The number of rotatable bonds is 8. The summed E-state index contributed by atoms with van der Waals surface area (Å²) in [6.45, 7) is -0.199. The van der Waals surface area contributed by atoms with Gasteiger partial charge in [0, 0.05) is 17.9 Å². The maximum Gasteiger partial charge on any atom is 0.219 e. The molecule has 7 rings (SSSR count). The second-order valence-electron chi connectivity index (χ2n) is 11.6. The number of fused-ring (bicyclic) bond motifs is 1. The van der Waals surface area contributed by atoms with E-state index in [1.54, 1.807) is 29.2 Å². The molecule has 1 fully saturated rings. The number of hydrogen-bond donors (Lipinski definition) is 3. The Morgan fingerprint density at radius 2 is 1.36 bits per heavy atom. The van der Waals surface area contributed by atoms with E-state index in [0.717, 1.165) is 16.7 Å². The zero-order valence-electron chi connectivity index (χ0n) is 24.6. The Labute approximate surface area is 261 Å². The molecule has 0 spiro atoms. The van der Waals surface area contributed by atoms with Gasteiger partial charge in [-0.1, -0.05) is 121 Å². The van der Waals surface area contributed by atoms with Gasteiger partial charge in [-0.15, -0.1) is 0 Å². The summed E-state index contributed by atoms with van der Waals surface area (Å²) in [4.78, 5) is 28.9. The monoisotopic (exact) mass is 598 g/mol. The lowest BCUT2D eigenvalue weighted by molar-refractivity contribution is -0.124. The minimum atomic E-state index is -1.76. The normalized spacial score (nSPS) is 25.9. The molecule has 4 aromatic carbocycles. The van der Waals surface area contributed by atoms with E-state index in [1.165, 1.54) is 6.34 Å². The molecule has 226 valence electrons. The molecule has 3 aliphatic rings. The molecule has 0 aliphatic carbocycles. The third-order valence-corrected chi connectivity index (χ3v) is 9.22. The molecule has 9 heteroatoms. The van der Waals surface area contributed by atoms with E-state index in [0.29, 0.717) is 17.8 Å². The maximum atomic E-state index is 13.6. The first-order valence-electron chi connectivity index (χ1n) is 15.0. The summed E-state index contributed by atoms with van der Waals surface area (Å²) in [5.74, 6) is -1.82. The zero-order valence-corrected chi connectivity index (χ0v) is 24.6. The lowest BCUT2D eigenvalue weighted by Crippen LogP contribution is -2.63. The fourth-order valence-corrected chi connectivity index (χ4v) is 7.19. The molecule has 0 aromatic heterocycles. The number of benzene rings is 4. The van der Waals surface area contributed by atoms with Crippen LogP contribution in [0.3, 0.4) is 0 Å². The average molecular weight is 599 g/mol. The number of aliphatic hydroxyl groups excluding tert-OH is 1. The van der Waals surface area contributed by atoms with Gasteiger partial charge >= 0.3 is 0 Å². The first-order chi connectivity index (χ1) is 21.9. The molecule has 3 aliphatic heterocycles. The van der Waals surface area contributed by atoms with Gasteiger partial charge in [0.15, 0.2) is 11.7 Å². The molecule has 9 nitrogen and oxygen atoms in total. The van der Waals surface area contributed by atoms with Crippen LogP contribution in [0.1, 0.15) is 33.5 Å². The minimum Gasteiger partial charge on any atom is -0.394 e. The third-order valence-electron chi connectivity index (χ3n) is 9.22. The number of amidine groups is 1. The number of Topliss-reactive ketones (excluding diaryl/α,β-unsaturated/α-hetero) is 1. The van der Waals surface area contributed by atoms with Crippen molar-refractivity contribution in [2.24, 2.45) is 32.4 Å². The zero-order chi connectivity index (χ0) is 31.1. The summed E-state index contributed by atoms with van der Waals surface area (Å²) >= 11 is 0. The van der Waals surface area contributed by atoms with Crippen LogP contribution in [0.4, 0.5) is 0 Å². The molecule has 1 saturated heterocycles. The molecular weight excluding hydrogens is 564 g/mol. The van der Waals surface area contributed by atoms with Crippen molar-refractivity contribution in [2.45, 2.75) is 29.5 Å². The lowest BCUT2D eigenvalue weighted by atomic mass is 9.59. The summed E-state index contributed by atoms with van der Waals surface area (Å²) in [6, 6.07) is 39.6. The first kappa shape index (κ1) is 28.9. The van der Waals surface area contributed by atoms with E-state index in [2.05, 4.69) is 51.4 Å². The predicted octanol–water partition coefficient (Wildman–Crippen LogP) is 3.72. The van der Waals surface area contributed by atoms with Crippen molar-refractivity contribution in [3.63, 3.8) is 0 Å². The number of ether oxygens (including phenoxy) is 1. The van der Waals surface area contributed by atoms with Gasteiger partial charge in [-0.25, -0.2) is 9.98 Å². The van der Waals surface area contributed by atoms with Crippen LogP contribution in [0.5, 0.6) is 0 Å². The van der Waals surface area contributed by atoms with E-state index in [4.69, 9.17) is 16.2 Å². The molecule has 5 N–H and O–H groups in total. The summed E-state index contributed by atoms with van der Waals surface area (Å²) < 4.78 is 6.66. The maximum absolute atomic E-state index is 13.6. The molecule has 4 aromatic rings. The van der Waals surface area contributed by atoms with Gasteiger partial charge in [-0.3, -0.25) is 26.2 Å². The first-order valence-corrected chi connectivity index (χ1v) is 15.0. The van der Waals surface area contributed by atoms with Crippen LogP contribution in [0.25, 0.3) is 0 Å². The summed E-state index contributed by atoms with van der Waals surface area (Å²) in [5, 5.41) is 10.9. The summed E-state index contributed by atoms with van der Waals surface area (Å²) in [7, 11) is 0. The summed E-state index contributed by atoms with van der Waals surface area (Å²) in [6.07, 6.45) is 0.931. The molecule has 3 heterocycles. The third kappa shape index (κ3) is 4.55.